The molecule has 1 unspecified atom stereocenters. The monoisotopic (exact) mass is 221 g/mol. The molecule has 1 fully saturated rings. The molecule has 2 aliphatic rings. The third-order valence-electron chi connectivity index (χ3n) is 4.55. The van der Waals surface area contributed by atoms with Gasteiger partial charge < -0.3 is 5.32 Å². The largest absolute Gasteiger partial charge is 0.310 e. The molecule has 0 aromatic rings. The topological polar surface area (TPSA) is 12.0 Å². The van der Waals surface area contributed by atoms with Crippen molar-refractivity contribution in [3.63, 3.8) is 0 Å². The zero-order valence-electron chi connectivity index (χ0n) is 11.0. The van der Waals surface area contributed by atoms with E-state index in [2.05, 4.69) is 25.2 Å². The van der Waals surface area contributed by atoms with E-state index in [0.717, 1.165) is 6.54 Å². The van der Waals surface area contributed by atoms with Crippen molar-refractivity contribution in [2.75, 3.05) is 6.54 Å². The van der Waals surface area contributed by atoms with Gasteiger partial charge in [-0.1, -0.05) is 38.3 Å². The minimum atomic E-state index is 0.541. The fourth-order valence-electron chi connectivity index (χ4n) is 3.63. The molecule has 1 saturated carbocycles. The van der Waals surface area contributed by atoms with Crippen LogP contribution < -0.4 is 5.32 Å². The van der Waals surface area contributed by atoms with Crippen LogP contribution in [-0.4, -0.2) is 12.6 Å². The molecule has 0 bridgehead atoms. The van der Waals surface area contributed by atoms with Gasteiger partial charge in [0.1, 0.15) is 0 Å². The van der Waals surface area contributed by atoms with Crippen LogP contribution in [0.4, 0.5) is 0 Å². The Labute approximate surface area is 101 Å². The molecule has 1 N–H and O–H groups in total. The summed E-state index contributed by atoms with van der Waals surface area (Å²) in [6.45, 7) is 5.86. The molecule has 0 heterocycles. The normalized spacial score (nSPS) is 26.5. The summed E-state index contributed by atoms with van der Waals surface area (Å²) in [6.07, 6.45) is 13.7. The van der Waals surface area contributed by atoms with Gasteiger partial charge in [-0.05, 0) is 50.5 Å². The number of allylic oxidation sites excluding steroid dienone is 1. The Balaban J connectivity index is 2.12. The Morgan fingerprint density at radius 1 is 1.25 bits per heavy atom. The van der Waals surface area contributed by atoms with Crippen LogP contribution in [-0.2, 0) is 0 Å². The fraction of sp³-hybridized carbons (Fsp3) is 0.867. The summed E-state index contributed by atoms with van der Waals surface area (Å²) < 4.78 is 0. The van der Waals surface area contributed by atoms with Crippen molar-refractivity contribution < 1.29 is 0 Å². The molecule has 0 saturated heterocycles. The van der Waals surface area contributed by atoms with Crippen molar-refractivity contribution in [1.82, 2.24) is 5.32 Å². The second-order valence-corrected chi connectivity index (χ2v) is 5.88. The van der Waals surface area contributed by atoms with Gasteiger partial charge in [-0.2, -0.15) is 0 Å². The Morgan fingerprint density at radius 3 is 2.56 bits per heavy atom. The van der Waals surface area contributed by atoms with E-state index in [9.17, 15) is 0 Å². The summed E-state index contributed by atoms with van der Waals surface area (Å²) in [7, 11) is 0. The van der Waals surface area contributed by atoms with Crippen molar-refractivity contribution in [3.8, 4) is 0 Å². The number of nitrogens with one attached hydrogen (secondary N) is 1. The van der Waals surface area contributed by atoms with Gasteiger partial charge in [-0.15, -0.1) is 0 Å². The second kappa shape index (κ2) is 5.35. The maximum atomic E-state index is 3.77. The highest BCUT2D eigenvalue weighted by Gasteiger charge is 2.38. The molecule has 1 heteroatoms. The van der Waals surface area contributed by atoms with Crippen LogP contribution in [0.25, 0.3) is 0 Å². The highest BCUT2D eigenvalue weighted by atomic mass is 14.9. The SMILES string of the molecule is CCNC(C1=CCCCC1)C1(C)CCCC1. The van der Waals surface area contributed by atoms with E-state index in [1.165, 1.54) is 51.4 Å². The van der Waals surface area contributed by atoms with Gasteiger partial charge in [-0.25, -0.2) is 0 Å². The third kappa shape index (κ3) is 2.51. The molecule has 1 atom stereocenters. The first-order valence-corrected chi connectivity index (χ1v) is 7.18. The lowest BCUT2D eigenvalue weighted by atomic mass is 9.74. The molecule has 0 radical (unpaired) electrons. The highest BCUT2D eigenvalue weighted by Crippen LogP contribution is 2.44. The second-order valence-electron chi connectivity index (χ2n) is 5.88. The van der Waals surface area contributed by atoms with Gasteiger partial charge in [0.25, 0.3) is 0 Å². The van der Waals surface area contributed by atoms with E-state index in [0.29, 0.717) is 11.5 Å². The summed E-state index contributed by atoms with van der Waals surface area (Å²) in [6, 6.07) is 0.667. The standard InChI is InChI=1S/C15H27N/c1-3-16-14(13-9-5-4-6-10-13)15(2)11-7-8-12-15/h9,14,16H,3-8,10-12H2,1-2H3. The molecule has 0 aromatic heterocycles. The van der Waals surface area contributed by atoms with Crippen LogP contribution in [0.5, 0.6) is 0 Å². The van der Waals surface area contributed by atoms with Crippen LogP contribution in [0.15, 0.2) is 11.6 Å². The van der Waals surface area contributed by atoms with Gasteiger partial charge in [0.2, 0.25) is 0 Å². The third-order valence-corrected chi connectivity index (χ3v) is 4.55. The van der Waals surface area contributed by atoms with E-state index < -0.39 is 0 Å². The van der Waals surface area contributed by atoms with E-state index >= 15 is 0 Å². The molecule has 1 nitrogen and oxygen atoms in total. The summed E-state index contributed by atoms with van der Waals surface area (Å²) in [4.78, 5) is 0. The quantitative estimate of drug-likeness (QED) is 0.706. The van der Waals surface area contributed by atoms with Crippen LogP contribution in [0, 0.1) is 5.41 Å². The molecular weight excluding hydrogens is 194 g/mol. The lowest BCUT2D eigenvalue weighted by molar-refractivity contribution is 0.245. The Hall–Kier alpha value is -0.300. The Bertz CT molecular complexity index is 248. The van der Waals surface area contributed by atoms with Crippen molar-refractivity contribution >= 4 is 0 Å². The lowest BCUT2D eigenvalue weighted by Gasteiger charge is -2.37. The van der Waals surface area contributed by atoms with E-state index in [1.807, 2.05) is 0 Å². The molecule has 16 heavy (non-hydrogen) atoms. The van der Waals surface area contributed by atoms with Crippen LogP contribution in [0.3, 0.4) is 0 Å². The Morgan fingerprint density at radius 2 is 2.00 bits per heavy atom. The number of rotatable bonds is 4. The molecule has 0 amide bonds. The van der Waals surface area contributed by atoms with Gasteiger partial charge >= 0.3 is 0 Å². The Kier molecular flexibility index (Phi) is 4.07. The zero-order valence-corrected chi connectivity index (χ0v) is 11.0. The number of hydrogen-bond acceptors (Lipinski definition) is 1. The number of hydrogen-bond donors (Lipinski definition) is 1. The van der Waals surface area contributed by atoms with Crippen LogP contribution in [0.1, 0.15) is 65.2 Å². The van der Waals surface area contributed by atoms with E-state index in [4.69, 9.17) is 0 Å². The summed E-state index contributed by atoms with van der Waals surface area (Å²) >= 11 is 0. The summed E-state index contributed by atoms with van der Waals surface area (Å²) in [5.41, 5.74) is 2.26. The average Bonchev–Trinajstić information content (AvgIpc) is 2.75. The van der Waals surface area contributed by atoms with Crippen molar-refractivity contribution in [2.45, 2.75) is 71.3 Å². The zero-order chi connectivity index (χ0) is 11.4. The molecule has 0 aromatic carbocycles. The van der Waals surface area contributed by atoms with E-state index in [-0.39, 0.29) is 0 Å². The lowest BCUT2D eigenvalue weighted by Crippen LogP contribution is -2.43. The van der Waals surface area contributed by atoms with E-state index in [1.54, 1.807) is 5.57 Å². The first-order chi connectivity index (χ1) is 7.76. The van der Waals surface area contributed by atoms with Gasteiger partial charge in [0.05, 0.1) is 0 Å². The van der Waals surface area contributed by atoms with Crippen molar-refractivity contribution in [1.29, 1.82) is 0 Å². The van der Waals surface area contributed by atoms with Crippen LogP contribution >= 0.6 is 0 Å². The van der Waals surface area contributed by atoms with Gasteiger partial charge in [-0.3, -0.25) is 0 Å². The fourth-order valence-corrected chi connectivity index (χ4v) is 3.63. The molecule has 0 aliphatic heterocycles. The van der Waals surface area contributed by atoms with Crippen molar-refractivity contribution in [2.24, 2.45) is 5.41 Å². The first-order valence-electron chi connectivity index (χ1n) is 7.18. The average molecular weight is 221 g/mol. The molecule has 0 spiro atoms. The molecular formula is C15H27N. The predicted octanol–water partition coefficient (Wildman–Crippen LogP) is 4.05. The predicted molar refractivity (Wildman–Crippen MR) is 70.6 cm³/mol. The molecule has 2 aliphatic carbocycles. The summed E-state index contributed by atoms with van der Waals surface area (Å²) in [5.74, 6) is 0. The van der Waals surface area contributed by atoms with Gasteiger partial charge in [0.15, 0.2) is 0 Å². The minimum absolute atomic E-state index is 0.541. The molecule has 2 rings (SSSR count). The maximum absolute atomic E-state index is 3.77. The first kappa shape index (κ1) is 12.2. The van der Waals surface area contributed by atoms with Gasteiger partial charge in [0, 0.05) is 6.04 Å². The molecule has 92 valence electrons. The number of likely N-dealkylation sites (N-methyl/N-ethyl adjacent to an activating group) is 1. The minimum Gasteiger partial charge on any atom is -0.310 e. The van der Waals surface area contributed by atoms with Crippen molar-refractivity contribution in [3.05, 3.63) is 11.6 Å². The smallest absolute Gasteiger partial charge is 0.0333 e. The highest BCUT2D eigenvalue weighted by molar-refractivity contribution is 5.18. The summed E-state index contributed by atoms with van der Waals surface area (Å²) in [5, 5.41) is 3.77. The van der Waals surface area contributed by atoms with Crippen LogP contribution in [0.2, 0.25) is 0 Å². The maximum Gasteiger partial charge on any atom is 0.0333 e.